The number of hydrogen-bond acceptors (Lipinski definition) is 5. The fraction of sp³-hybridized carbons (Fsp3) is 0.767. The van der Waals surface area contributed by atoms with E-state index in [0.29, 0.717) is 24.3 Å². The summed E-state index contributed by atoms with van der Waals surface area (Å²) in [4.78, 5) is 34.1. The SMILES string of the molecule is CCCCCN(CCC12CC3CC(CC(C3)C1)C2)C(=O)N(CCOc1ccncc1)C(=O)OCCCC. The second kappa shape index (κ2) is 13.5. The molecule has 0 aromatic carbocycles. The average Bonchev–Trinajstić information content (AvgIpc) is 2.88. The number of carbonyl (C=O) groups is 2. The molecule has 4 fully saturated rings. The summed E-state index contributed by atoms with van der Waals surface area (Å²) in [5.74, 6) is 3.35. The maximum atomic E-state index is 13.9. The van der Waals surface area contributed by atoms with Gasteiger partial charge in [0, 0.05) is 25.5 Å². The molecule has 1 aromatic heterocycles. The van der Waals surface area contributed by atoms with Crippen molar-refractivity contribution >= 4 is 12.1 Å². The van der Waals surface area contributed by atoms with Gasteiger partial charge in [-0.2, -0.15) is 0 Å². The summed E-state index contributed by atoms with van der Waals surface area (Å²) < 4.78 is 11.3. The number of nitrogens with zero attached hydrogens (tertiary/aromatic N) is 3. The van der Waals surface area contributed by atoms with Gasteiger partial charge in [-0.3, -0.25) is 4.98 Å². The highest BCUT2D eigenvalue weighted by Crippen LogP contribution is 2.61. The zero-order valence-corrected chi connectivity index (χ0v) is 23.0. The Balaban J connectivity index is 1.41. The first-order chi connectivity index (χ1) is 18.0. The van der Waals surface area contributed by atoms with E-state index in [1.54, 1.807) is 24.5 Å². The number of imide groups is 1. The molecule has 4 bridgehead atoms. The number of hydrogen-bond donors (Lipinski definition) is 0. The van der Waals surface area contributed by atoms with E-state index in [9.17, 15) is 9.59 Å². The van der Waals surface area contributed by atoms with Crippen LogP contribution in [0.3, 0.4) is 0 Å². The molecule has 1 heterocycles. The molecule has 0 N–H and O–H groups in total. The van der Waals surface area contributed by atoms with Crippen molar-refractivity contribution in [2.75, 3.05) is 32.8 Å². The smallest absolute Gasteiger partial charge is 0.418 e. The second-order valence-electron chi connectivity index (χ2n) is 11.8. The third-order valence-corrected chi connectivity index (χ3v) is 8.79. The molecule has 0 unspecified atom stereocenters. The molecule has 4 saturated carbocycles. The van der Waals surface area contributed by atoms with Crippen LogP contribution in [-0.4, -0.2) is 59.8 Å². The van der Waals surface area contributed by atoms with Crippen LogP contribution >= 0.6 is 0 Å². The lowest BCUT2D eigenvalue weighted by Crippen LogP contribution is -2.51. The highest BCUT2D eigenvalue weighted by molar-refractivity contribution is 5.91. The second-order valence-corrected chi connectivity index (χ2v) is 11.8. The first-order valence-electron chi connectivity index (χ1n) is 14.8. The minimum atomic E-state index is -0.563. The molecular formula is C30H47N3O4. The molecule has 1 aromatic rings. The molecule has 4 aliphatic rings. The summed E-state index contributed by atoms with van der Waals surface area (Å²) in [5, 5.41) is 0. The van der Waals surface area contributed by atoms with Crippen LogP contribution in [0.5, 0.6) is 5.75 Å². The molecular weight excluding hydrogens is 466 g/mol. The van der Waals surface area contributed by atoms with Crippen LogP contribution in [0.2, 0.25) is 0 Å². The van der Waals surface area contributed by atoms with Crippen LogP contribution in [-0.2, 0) is 4.74 Å². The summed E-state index contributed by atoms with van der Waals surface area (Å²) in [6.07, 6.45) is 16.9. The normalized spacial score (nSPS) is 25.6. The Morgan fingerprint density at radius 2 is 1.54 bits per heavy atom. The fourth-order valence-corrected chi connectivity index (χ4v) is 7.33. The van der Waals surface area contributed by atoms with Gasteiger partial charge in [-0.25, -0.2) is 14.5 Å². The first-order valence-corrected chi connectivity index (χ1v) is 14.8. The summed E-state index contributed by atoms with van der Waals surface area (Å²) >= 11 is 0. The third kappa shape index (κ3) is 7.61. The molecule has 0 aliphatic heterocycles. The maximum Gasteiger partial charge on any atom is 0.418 e. The summed E-state index contributed by atoms with van der Waals surface area (Å²) in [6.45, 7) is 6.34. The van der Waals surface area contributed by atoms with Crippen LogP contribution in [0.15, 0.2) is 24.5 Å². The lowest BCUT2D eigenvalue weighted by molar-refractivity contribution is -0.0599. The molecule has 37 heavy (non-hydrogen) atoms. The van der Waals surface area contributed by atoms with Crippen LogP contribution in [0.25, 0.3) is 0 Å². The molecule has 5 rings (SSSR count). The standard InChI is InChI=1S/C30H47N3O4/c1-3-5-7-13-32(14-10-30-21-24-18-25(22-30)20-26(19-24)23-30)28(34)33(29(35)37-16-6-4-2)15-17-36-27-8-11-31-12-9-27/h8-9,11-12,24-26H,3-7,10,13-23H2,1-2H3. The Kier molecular flexibility index (Phi) is 10.1. The van der Waals surface area contributed by atoms with Gasteiger partial charge in [0.1, 0.15) is 12.4 Å². The Labute approximate surface area is 223 Å². The average molecular weight is 514 g/mol. The van der Waals surface area contributed by atoms with Crippen LogP contribution < -0.4 is 4.74 Å². The predicted molar refractivity (Wildman–Crippen MR) is 144 cm³/mol. The van der Waals surface area contributed by atoms with E-state index in [1.165, 1.54) is 43.4 Å². The Bertz CT molecular complexity index is 826. The molecule has 7 heteroatoms. The van der Waals surface area contributed by atoms with E-state index in [4.69, 9.17) is 9.47 Å². The molecule has 3 amide bonds. The van der Waals surface area contributed by atoms with Crippen molar-refractivity contribution in [3.63, 3.8) is 0 Å². The van der Waals surface area contributed by atoms with Gasteiger partial charge in [0.25, 0.3) is 0 Å². The van der Waals surface area contributed by atoms with Gasteiger partial charge in [0.05, 0.1) is 13.2 Å². The summed E-state index contributed by atoms with van der Waals surface area (Å²) in [6, 6.07) is 3.31. The van der Waals surface area contributed by atoms with Gasteiger partial charge in [0.15, 0.2) is 0 Å². The van der Waals surface area contributed by atoms with Crippen molar-refractivity contribution < 1.29 is 19.1 Å². The van der Waals surface area contributed by atoms with Gasteiger partial charge < -0.3 is 14.4 Å². The molecule has 7 nitrogen and oxygen atoms in total. The molecule has 0 spiro atoms. The quantitative estimate of drug-likeness (QED) is 0.253. The van der Waals surface area contributed by atoms with E-state index < -0.39 is 6.09 Å². The van der Waals surface area contributed by atoms with E-state index >= 15 is 0 Å². The van der Waals surface area contributed by atoms with Crippen molar-refractivity contribution in [2.24, 2.45) is 23.2 Å². The van der Waals surface area contributed by atoms with Crippen molar-refractivity contribution in [2.45, 2.75) is 90.9 Å². The van der Waals surface area contributed by atoms with Crippen molar-refractivity contribution in [1.82, 2.24) is 14.8 Å². The number of aromatic nitrogens is 1. The van der Waals surface area contributed by atoms with Crippen molar-refractivity contribution in [3.8, 4) is 5.75 Å². The van der Waals surface area contributed by atoms with E-state index in [2.05, 4.69) is 18.8 Å². The topological polar surface area (TPSA) is 72.0 Å². The number of urea groups is 1. The highest BCUT2D eigenvalue weighted by Gasteiger charge is 2.50. The van der Waals surface area contributed by atoms with Gasteiger partial charge in [-0.1, -0.05) is 33.1 Å². The lowest BCUT2D eigenvalue weighted by Gasteiger charge is -2.57. The van der Waals surface area contributed by atoms with E-state index in [-0.39, 0.29) is 19.2 Å². The van der Waals surface area contributed by atoms with Gasteiger partial charge in [-0.05, 0) is 93.1 Å². The number of carbonyl (C=O) groups excluding carboxylic acids is 2. The third-order valence-electron chi connectivity index (χ3n) is 8.79. The lowest BCUT2D eigenvalue weighted by atomic mass is 9.49. The van der Waals surface area contributed by atoms with E-state index in [0.717, 1.165) is 62.8 Å². The summed E-state index contributed by atoms with van der Waals surface area (Å²) in [7, 11) is 0. The highest BCUT2D eigenvalue weighted by atomic mass is 16.6. The molecule has 0 radical (unpaired) electrons. The number of ether oxygens (including phenoxy) is 2. The molecule has 0 saturated heterocycles. The number of rotatable bonds is 14. The largest absolute Gasteiger partial charge is 0.492 e. The predicted octanol–water partition coefficient (Wildman–Crippen LogP) is 6.92. The van der Waals surface area contributed by atoms with Gasteiger partial charge in [0.2, 0.25) is 0 Å². The van der Waals surface area contributed by atoms with Crippen LogP contribution in [0, 0.1) is 23.2 Å². The minimum Gasteiger partial charge on any atom is -0.492 e. The van der Waals surface area contributed by atoms with Gasteiger partial charge >= 0.3 is 12.1 Å². The monoisotopic (exact) mass is 513 g/mol. The van der Waals surface area contributed by atoms with Gasteiger partial charge in [-0.15, -0.1) is 0 Å². The Morgan fingerprint density at radius 1 is 0.892 bits per heavy atom. The van der Waals surface area contributed by atoms with Crippen LogP contribution in [0.4, 0.5) is 9.59 Å². The summed E-state index contributed by atoms with van der Waals surface area (Å²) in [5.41, 5.74) is 0.398. The molecule has 0 atom stereocenters. The molecule has 4 aliphatic carbocycles. The Hall–Kier alpha value is -2.31. The van der Waals surface area contributed by atoms with Crippen molar-refractivity contribution in [1.29, 1.82) is 0 Å². The Morgan fingerprint density at radius 3 is 2.16 bits per heavy atom. The zero-order chi connectivity index (χ0) is 26.1. The number of amides is 3. The van der Waals surface area contributed by atoms with E-state index in [1.807, 2.05) is 4.90 Å². The van der Waals surface area contributed by atoms with Crippen molar-refractivity contribution in [3.05, 3.63) is 24.5 Å². The number of pyridine rings is 1. The fourth-order valence-electron chi connectivity index (χ4n) is 7.33. The number of unbranched alkanes of at least 4 members (excludes halogenated alkanes) is 3. The first kappa shape index (κ1) is 27.7. The molecule has 206 valence electrons. The van der Waals surface area contributed by atoms with Crippen LogP contribution in [0.1, 0.15) is 90.9 Å². The minimum absolute atomic E-state index is 0.160. The maximum absolute atomic E-state index is 13.9. The zero-order valence-electron chi connectivity index (χ0n) is 23.0.